The number of carbonyl (C=O) groups is 2. The van der Waals surface area contributed by atoms with Crippen LogP contribution in [0.4, 0.5) is 5.69 Å². The molecule has 1 amide bonds. The predicted octanol–water partition coefficient (Wildman–Crippen LogP) is 2.27. The fraction of sp³-hybridized carbons (Fsp3) is 0.200. The van der Waals surface area contributed by atoms with E-state index in [0.717, 1.165) is 16.8 Å². The van der Waals surface area contributed by atoms with Crippen molar-refractivity contribution in [2.45, 2.75) is 18.8 Å². The van der Waals surface area contributed by atoms with Gasteiger partial charge in [0.2, 0.25) is 5.91 Å². The molecule has 0 radical (unpaired) electrons. The van der Waals surface area contributed by atoms with Crippen molar-refractivity contribution in [1.82, 2.24) is 0 Å². The third-order valence-corrected chi connectivity index (χ3v) is 3.49. The number of hydrogen-bond donors (Lipinski definition) is 1. The number of allylic oxidation sites excluding steroid dienone is 4. The second-order valence-corrected chi connectivity index (χ2v) is 4.88. The Labute approximate surface area is 105 Å². The summed E-state index contributed by atoms with van der Waals surface area (Å²) in [4.78, 5) is 23.1. The molecule has 0 fully saturated rings. The Bertz CT molecular complexity index is 595. The second kappa shape index (κ2) is 3.67. The van der Waals surface area contributed by atoms with E-state index in [4.69, 9.17) is 0 Å². The highest BCUT2D eigenvalue weighted by atomic mass is 16.1. The predicted molar refractivity (Wildman–Crippen MR) is 69.4 cm³/mol. The molecule has 3 nitrogen and oxygen atoms in total. The summed E-state index contributed by atoms with van der Waals surface area (Å²) >= 11 is 0. The number of aryl methyl sites for hydroxylation is 1. The van der Waals surface area contributed by atoms with E-state index in [1.165, 1.54) is 0 Å². The van der Waals surface area contributed by atoms with Gasteiger partial charge < -0.3 is 5.32 Å². The number of ketones is 1. The van der Waals surface area contributed by atoms with Crippen molar-refractivity contribution < 1.29 is 9.59 Å². The van der Waals surface area contributed by atoms with E-state index < -0.39 is 5.41 Å². The molecule has 18 heavy (non-hydrogen) atoms. The smallest absolute Gasteiger partial charge is 0.225 e. The first-order valence-corrected chi connectivity index (χ1v) is 5.92. The minimum atomic E-state index is -0.461. The molecule has 3 heteroatoms. The van der Waals surface area contributed by atoms with Gasteiger partial charge in [0.25, 0.3) is 0 Å². The quantitative estimate of drug-likeness (QED) is 0.755. The van der Waals surface area contributed by atoms with Crippen LogP contribution in [0.15, 0.2) is 42.5 Å². The van der Waals surface area contributed by atoms with E-state index in [1.54, 1.807) is 12.2 Å². The maximum Gasteiger partial charge on any atom is 0.225 e. The summed E-state index contributed by atoms with van der Waals surface area (Å²) in [6.45, 7) is 2.02. The number of hydrogen-bond acceptors (Lipinski definition) is 2. The van der Waals surface area contributed by atoms with Crippen LogP contribution in [0, 0.1) is 6.92 Å². The standard InChI is InChI=1S/C15H13NO2/c1-10-2-3-13-12(8-10)15(9-14(18)16-13)6-4-11(17)5-7-15/h2-8H,9H2,1H3,(H,16,18). The molecular weight excluding hydrogens is 226 g/mol. The Morgan fingerprint density at radius 1 is 1.17 bits per heavy atom. The van der Waals surface area contributed by atoms with Crippen LogP contribution in [-0.4, -0.2) is 11.7 Å². The molecule has 1 spiro atoms. The summed E-state index contributed by atoms with van der Waals surface area (Å²) in [5.74, 6) is -0.0455. The Kier molecular flexibility index (Phi) is 2.23. The molecule has 2 aliphatic rings. The monoisotopic (exact) mass is 239 g/mol. The van der Waals surface area contributed by atoms with E-state index in [9.17, 15) is 9.59 Å². The summed E-state index contributed by atoms with van der Waals surface area (Å²) in [5, 5.41) is 2.88. The molecule has 0 atom stereocenters. The highest BCUT2D eigenvalue weighted by Crippen LogP contribution is 2.41. The molecule has 1 aromatic rings. The van der Waals surface area contributed by atoms with Crippen LogP contribution in [0.2, 0.25) is 0 Å². The maximum atomic E-state index is 11.8. The first kappa shape index (κ1) is 11.0. The van der Waals surface area contributed by atoms with Crippen molar-refractivity contribution >= 4 is 17.4 Å². The Morgan fingerprint density at radius 2 is 1.89 bits per heavy atom. The first-order valence-electron chi connectivity index (χ1n) is 5.92. The molecule has 0 saturated heterocycles. The number of anilines is 1. The molecule has 1 aromatic carbocycles. The normalized spacial score (nSPS) is 19.8. The Morgan fingerprint density at radius 3 is 2.61 bits per heavy atom. The number of amides is 1. The van der Waals surface area contributed by atoms with Gasteiger partial charge in [-0.05, 0) is 30.7 Å². The van der Waals surface area contributed by atoms with Gasteiger partial charge >= 0.3 is 0 Å². The van der Waals surface area contributed by atoms with Gasteiger partial charge in [0, 0.05) is 17.5 Å². The molecule has 0 saturated carbocycles. The zero-order valence-electron chi connectivity index (χ0n) is 10.1. The average Bonchev–Trinajstić information content (AvgIpc) is 2.34. The number of carbonyl (C=O) groups excluding carboxylic acids is 2. The molecule has 0 aromatic heterocycles. The minimum absolute atomic E-state index is 0.0185. The molecule has 90 valence electrons. The third-order valence-electron chi connectivity index (χ3n) is 3.49. The van der Waals surface area contributed by atoms with Gasteiger partial charge in [-0.1, -0.05) is 29.8 Å². The van der Waals surface area contributed by atoms with E-state index in [0.29, 0.717) is 6.42 Å². The highest BCUT2D eigenvalue weighted by Gasteiger charge is 2.37. The highest BCUT2D eigenvalue weighted by molar-refractivity contribution is 6.03. The lowest BCUT2D eigenvalue weighted by Crippen LogP contribution is -2.35. The summed E-state index contributed by atoms with van der Waals surface area (Å²) in [6, 6.07) is 5.96. The topological polar surface area (TPSA) is 46.2 Å². The van der Waals surface area contributed by atoms with Gasteiger partial charge in [0.1, 0.15) is 0 Å². The molecule has 1 heterocycles. The van der Waals surface area contributed by atoms with Gasteiger partial charge in [-0.15, -0.1) is 0 Å². The zero-order chi connectivity index (χ0) is 12.8. The lowest BCUT2D eigenvalue weighted by atomic mass is 9.72. The van der Waals surface area contributed by atoms with Gasteiger partial charge in [0.05, 0.1) is 0 Å². The van der Waals surface area contributed by atoms with Crippen molar-refractivity contribution in [3.63, 3.8) is 0 Å². The van der Waals surface area contributed by atoms with Crippen molar-refractivity contribution in [2.24, 2.45) is 0 Å². The van der Waals surface area contributed by atoms with Crippen LogP contribution in [0.1, 0.15) is 17.5 Å². The Balaban J connectivity index is 2.21. The molecule has 1 aliphatic heterocycles. The summed E-state index contributed by atoms with van der Waals surface area (Å²) in [6.07, 6.45) is 7.12. The third kappa shape index (κ3) is 1.59. The van der Waals surface area contributed by atoms with Crippen molar-refractivity contribution in [2.75, 3.05) is 5.32 Å². The van der Waals surface area contributed by atoms with Crippen molar-refractivity contribution in [3.8, 4) is 0 Å². The Hall–Kier alpha value is -2.16. The van der Waals surface area contributed by atoms with Crippen LogP contribution in [0.5, 0.6) is 0 Å². The van der Waals surface area contributed by atoms with Crippen LogP contribution in [-0.2, 0) is 15.0 Å². The van der Waals surface area contributed by atoms with Crippen LogP contribution >= 0.6 is 0 Å². The lowest BCUT2D eigenvalue weighted by Gasteiger charge is -2.35. The van der Waals surface area contributed by atoms with Crippen LogP contribution in [0.3, 0.4) is 0 Å². The molecule has 0 bridgehead atoms. The van der Waals surface area contributed by atoms with E-state index in [-0.39, 0.29) is 11.7 Å². The molecule has 1 aliphatic carbocycles. The second-order valence-electron chi connectivity index (χ2n) is 4.88. The minimum Gasteiger partial charge on any atom is -0.326 e. The van der Waals surface area contributed by atoms with Crippen molar-refractivity contribution in [1.29, 1.82) is 0 Å². The molecule has 3 rings (SSSR count). The van der Waals surface area contributed by atoms with Crippen molar-refractivity contribution in [3.05, 3.63) is 53.6 Å². The fourth-order valence-electron chi connectivity index (χ4n) is 2.58. The SMILES string of the molecule is Cc1ccc2c(c1)C1(C=CC(=O)C=C1)CC(=O)N2. The van der Waals surface area contributed by atoms with Gasteiger partial charge in [-0.2, -0.15) is 0 Å². The summed E-state index contributed by atoms with van der Waals surface area (Å²) < 4.78 is 0. The summed E-state index contributed by atoms with van der Waals surface area (Å²) in [5.41, 5.74) is 2.57. The van der Waals surface area contributed by atoms with E-state index in [2.05, 4.69) is 11.4 Å². The van der Waals surface area contributed by atoms with Crippen LogP contribution < -0.4 is 5.32 Å². The van der Waals surface area contributed by atoms with Gasteiger partial charge in [-0.25, -0.2) is 0 Å². The summed E-state index contributed by atoms with van der Waals surface area (Å²) in [7, 11) is 0. The molecular formula is C15H13NO2. The van der Waals surface area contributed by atoms with E-state index >= 15 is 0 Å². The average molecular weight is 239 g/mol. The van der Waals surface area contributed by atoms with Gasteiger partial charge in [-0.3, -0.25) is 9.59 Å². The maximum absolute atomic E-state index is 11.8. The number of fused-ring (bicyclic) bond motifs is 2. The molecule has 1 N–H and O–H groups in total. The first-order chi connectivity index (χ1) is 8.59. The fourth-order valence-corrected chi connectivity index (χ4v) is 2.58. The number of nitrogens with one attached hydrogen (secondary N) is 1. The number of rotatable bonds is 0. The van der Waals surface area contributed by atoms with Gasteiger partial charge in [0.15, 0.2) is 5.78 Å². The van der Waals surface area contributed by atoms with E-state index in [1.807, 2.05) is 31.2 Å². The molecule has 0 unspecified atom stereocenters. The largest absolute Gasteiger partial charge is 0.326 e. The lowest BCUT2D eigenvalue weighted by molar-refractivity contribution is -0.117. The number of benzene rings is 1. The zero-order valence-corrected chi connectivity index (χ0v) is 10.1. The van der Waals surface area contributed by atoms with Crippen LogP contribution in [0.25, 0.3) is 0 Å².